The van der Waals surface area contributed by atoms with Crippen molar-refractivity contribution in [1.29, 1.82) is 0 Å². The molecule has 31 heavy (non-hydrogen) atoms. The smallest absolute Gasteiger partial charge is 0.258 e. The van der Waals surface area contributed by atoms with Crippen molar-refractivity contribution in [1.82, 2.24) is 19.4 Å². The first-order valence-corrected chi connectivity index (χ1v) is 10.8. The minimum atomic E-state index is -0.138. The predicted octanol–water partition coefficient (Wildman–Crippen LogP) is 3.64. The third-order valence-electron chi connectivity index (χ3n) is 5.86. The van der Waals surface area contributed by atoms with Gasteiger partial charge in [0.05, 0.1) is 21.9 Å². The van der Waals surface area contributed by atoms with Gasteiger partial charge in [-0.05, 0) is 48.9 Å². The Morgan fingerprint density at radius 1 is 1.13 bits per heavy atom. The monoisotopic (exact) mass is 434 g/mol. The van der Waals surface area contributed by atoms with Crippen LogP contribution in [0, 0.1) is 0 Å². The minimum absolute atomic E-state index is 0.138. The summed E-state index contributed by atoms with van der Waals surface area (Å²) in [5.41, 5.74) is 5.41. The van der Waals surface area contributed by atoms with Gasteiger partial charge in [-0.2, -0.15) is 0 Å². The molecular formula is C24H23ClN4O2. The molecule has 158 valence electrons. The maximum absolute atomic E-state index is 12.8. The lowest BCUT2D eigenvalue weighted by Crippen LogP contribution is -2.17. The Balaban J connectivity index is 1.42. The molecule has 0 saturated heterocycles. The molecule has 7 heteroatoms. The molecule has 0 amide bonds. The Bertz CT molecular complexity index is 1310. The van der Waals surface area contributed by atoms with Crippen molar-refractivity contribution in [3.63, 3.8) is 0 Å². The van der Waals surface area contributed by atoms with Crippen LogP contribution in [0.4, 0.5) is 0 Å². The van der Waals surface area contributed by atoms with E-state index >= 15 is 0 Å². The highest BCUT2D eigenvalue weighted by Crippen LogP contribution is 2.29. The zero-order chi connectivity index (χ0) is 21.4. The minimum Gasteiger partial charge on any atom is -0.487 e. The molecule has 1 aromatic carbocycles. The first-order valence-electron chi connectivity index (χ1n) is 10.4. The molecule has 0 bridgehead atoms. The standard InChI is InChI=1S/C24H23ClN4O2/c1-28-22-7-10-26-9-6-21(22)20-5-4-18(12-23(20)28)29-11-8-19(13-24(29)30)31-15-17-3-2-16(25)14-27-17/h2-5,8,11-14,26H,6-7,9-10,15H2,1H3. The highest BCUT2D eigenvalue weighted by atomic mass is 35.5. The Labute approximate surface area is 185 Å². The van der Waals surface area contributed by atoms with Gasteiger partial charge in [-0.1, -0.05) is 17.7 Å². The summed E-state index contributed by atoms with van der Waals surface area (Å²) in [6.07, 6.45) is 5.38. The predicted molar refractivity (Wildman–Crippen MR) is 122 cm³/mol. The van der Waals surface area contributed by atoms with Gasteiger partial charge in [0.2, 0.25) is 0 Å². The number of hydrogen-bond donors (Lipinski definition) is 1. The quantitative estimate of drug-likeness (QED) is 0.532. The highest BCUT2D eigenvalue weighted by Gasteiger charge is 2.17. The summed E-state index contributed by atoms with van der Waals surface area (Å²) in [5, 5.41) is 5.31. The summed E-state index contributed by atoms with van der Waals surface area (Å²) in [6, 6.07) is 13.1. The number of aromatic nitrogens is 3. The Kier molecular flexibility index (Phi) is 5.26. The summed E-state index contributed by atoms with van der Waals surface area (Å²) >= 11 is 5.86. The van der Waals surface area contributed by atoms with Gasteiger partial charge in [0, 0.05) is 49.6 Å². The second-order valence-corrected chi connectivity index (χ2v) is 8.20. The second-order valence-electron chi connectivity index (χ2n) is 7.76. The van der Waals surface area contributed by atoms with E-state index in [1.54, 1.807) is 35.2 Å². The average Bonchev–Trinajstić information content (AvgIpc) is 2.93. The number of nitrogens with zero attached hydrogens (tertiary/aromatic N) is 3. The number of pyridine rings is 2. The molecule has 0 atom stereocenters. The lowest BCUT2D eigenvalue weighted by atomic mass is 10.1. The molecule has 1 aliphatic heterocycles. The van der Waals surface area contributed by atoms with Crippen LogP contribution in [0.5, 0.6) is 5.75 Å². The number of hydrogen-bond acceptors (Lipinski definition) is 4. The van der Waals surface area contributed by atoms with Crippen molar-refractivity contribution in [2.75, 3.05) is 13.1 Å². The van der Waals surface area contributed by atoms with Gasteiger partial charge in [-0.25, -0.2) is 0 Å². The van der Waals surface area contributed by atoms with E-state index in [4.69, 9.17) is 16.3 Å². The fraction of sp³-hybridized carbons (Fsp3) is 0.250. The summed E-state index contributed by atoms with van der Waals surface area (Å²) < 4.78 is 9.64. The molecule has 3 aromatic heterocycles. The van der Waals surface area contributed by atoms with Crippen molar-refractivity contribution in [3.05, 3.63) is 87.2 Å². The lowest BCUT2D eigenvalue weighted by Gasteiger charge is -2.10. The summed E-state index contributed by atoms with van der Waals surface area (Å²) in [5.74, 6) is 0.511. The van der Waals surface area contributed by atoms with E-state index in [0.29, 0.717) is 10.8 Å². The molecule has 1 aliphatic rings. The molecule has 6 nitrogen and oxygen atoms in total. The van der Waals surface area contributed by atoms with E-state index in [1.807, 2.05) is 6.07 Å². The maximum Gasteiger partial charge on any atom is 0.258 e. The van der Waals surface area contributed by atoms with Crippen LogP contribution in [-0.2, 0) is 26.5 Å². The van der Waals surface area contributed by atoms with Crippen molar-refractivity contribution in [3.8, 4) is 11.4 Å². The van der Waals surface area contributed by atoms with Crippen LogP contribution in [0.2, 0.25) is 5.02 Å². The average molecular weight is 435 g/mol. The number of fused-ring (bicyclic) bond motifs is 3. The number of nitrogens with one attached hydrogen (secondary N) is 1. The SMILES string of the molecule is Cn1c2c(c3ccc(-n4ccc(OCc5ccc(Cl)cn5)cc4=O)cc31)CCNCC2. The van der Waals surface area contributed by atoms with Crippen LogP contribution in [-0.4, -0.2) is 27.2 Å². The van der Waals surface area contributed by atoms with Gasteiger partial charge in [-0.15, -0.1) is 0 Å². The molecule has 0 saturated carbocycles. The van der Waals surface area contributed by atoms with E-state index < -0.39 is 0 Å². The highest BCUT2D eigenvalue weighted by molar-refractivity contribution is 6.30. The van der Waals surface area contributed by atoms with Crippen LogP contribution in [0.25, 0.3) is 16.6 Å². The first kappa shape index (κ1) is 19.8. The van der Waals surface area contributed by atoms with Crippen LogP contribution >= 0.6 is 11.6 Å². The summed E-state index contributed by atoms with van der Waals surface area (Å²) in [7, 11) is 2.11. The second kappa shape index (κ2) is 8.21. The van der Waals surface area contributed by atoms with Crippen molar-refractivity contribution in [2.45, 2.75) is 19.4 Å². The van der Waals surface area contributed by atoms with Crippen LogP contribution < -0.4 is 15.6 Å². The third-order valence-corrected chi connectivity index (χ3v) is 6.08. The molecule has 4 aromatic rings. The van der Waals surface area contributed by atoms with Crippen LogP contribution in [0.15, 0.2) is 59.7 Å². The maximum atomic E-state index is 12.8. The van der Waals surface area contributed by atoms with Gasteiger partial charge in [0.15, 0.2) is 0 Å². The van der Waals surface area contributed by atoms with E-state index in [0.717, 1.165) is 42.8 Å². The van der Waals surface area contributed by atoms with Gasteiger partial charge >= 0.3 is 0 Å². The fourth-order valence-electron chi connectivity index (χ4n) is 4.26. The van der Waals surface area contributed by atoms with Gasteiger partial charge in [0.1, 0.15) is 12.4 Å². The van der Waals surface area contributed by atoms with Crippen molar-refractivity contribution >= 4 is 22.5 Å². The van der Waals surface area contributed by atoms with Gasteiger partial charge < -0.3 is 14.6 Å². The molecule has 0 aliphatic carbocycles. The molecular weight excluding hydrogens is 412 g/mol. The number of halogens is 1. The lowest BCUT2D eigenvalue weighted by molar-refractivity contribution is 0.300. The van der Waals surface area contributed by atoms with Gasteiger partial charge in [0.25, 0.3) is 5.56 Å². The zero-order valence-electron chi connectivity index (χ0n) is 17.3. The van der Waals surface area contributed by atoms with Crippen LogP contribution in [0.3, 0.4) is 0 Å². The summed E-state index contributed by atoms with van der Waals surface area (Å²) in [6.45, 7) is 2.27. The number of rotatable bonds is 4. The Morgan fingerprint density at radius 2 is 2.00 bits per heavy atom. The largest absolute Gasteiger partial charge is 0.487 e. The molecule has 0 fully saturated rings. The molecule has 1 N–H and O–H groups in total. The van der Waals surface area contributed by atoms with Crippen LogP contribution in [0.1, 0.15) is 17.0 Å². The first-order chi connectivity index (χ1) is 15.1. The molecule has 0 spiro atoms. The molecule has 0 radical (unpaired) electrons. The normalized spacial score (nSPS) is 13.7. The summed E-state index contributed by atoms with van der Waals surface area (Å²) in [4.78, 5) is 17.0. The number of benzene rings is 1. The fourth-order valence-corrected chi connectivity index (χ4v) is 4.37. The van der Waals surface area contributed by atoms with E-state index in [2.05, 4.69) is 34.0 Å². The number of aryl methyl sites for hydroxylation is 1. The van der Waals surface area contributed by atoms with Gasteiger partial charge in [-0.3, -0.25) is 14.3 Å². The third kappa shape index (κ3) is 3.84. The Hall–Kier alpha value is -3.09. The van der Waals surface area contributed by atoms with E-state index in [9.17, 15) is 4.79 Å². The molecule has 0 unspecified atom stereocenters. The molecule has 4 heterocycles. The number of ether oxygens (including phenoxy) is 1. The van der Waals surface area contributed by atoms with Crippen molar-refractivity contribution in [2.24, 2.45) is 7.05 Å². The van der Waals surface area contributed by atoms with Crippen molar-refractivity contribution < 1.29 is 4.74 Å². The topological polar surface area (TPSA) is 61.1 Å². The molecule has 5 rings (SSSR count). The Morgan fingerprint density at radius 3 is 2.81 bits per heavy atom. The zero-order valence-corrected chi connectivity index (χ0v) is 18.0. The van der Waals surface area contributed by atoms with E-state index in [-0.39, 0.29) is 12.2 Å². The van der Waals surface area contributed by atoms with E-state index in [1.165, 1.54) is 22.7 Å².